The fourth-order valence-corrected chi connectivity index (χ4v) is 2.02. The molecular formula is C14H14ClN5. The maximum absolute atomic E-state index is 8.80. The molecule has 2 aromatic rings. The Labute approximate surface area is 122 Å². The van der Waals surface area contributed by atoms with Crippen molar-refractivity contribution in [1.82, 2.24) is 15.0 Å². The summed E-state index contributed by atoms with van der Waals surface area (Å²) in [6.07, 6.45) is 5.64. The Balaban J connectivity index is 2.27. The van der Waals surface area contributed by atoms with E-state index in [1.165, 1.54) is 0 Å². The van der Waals surface area contributed by atoms with Crippen LogP contribution in [0.3, 0.4) is 0 Å². The molecule has 0 aliphatic carbocycles. The molecule has 0 aliphatic heterocycles. The van der Waals surface area contributed by atoms with Crippen LogP contribution in [0.25, 0.3) is 0 Å². The molecule has 2 rings (SSSR count). The second-order valence-electron chi connectivity index (χ2n) is 4.34. The molecule has 0 aliphatic rings. The molecule has 0 bridgehead atoms. The number of hydrogen-bond donors (Lipinski definition) is 0. The van der Waals surface area contributed by atoms with E-state index in [1.54, 1.807) is 18.6 Å². The van der Waals surface area contributed by atoms with Gasteiger partial charge in [-0.2, -0.15) is 5.26 Å². The van der Waals surface area contributed by atoms with E-state index < -0.39 is 0 Å². The van der Waals surface area contributed by atoms with Crippen molar-refractivity contribution in [2.45, 2.75) is 19.9 Å². The van der Waals surface area contributed by atoms with Gasteiger partial charge in [0.15, 0.2) is 0 Å². The Morgan fingerprint density at radius 1 is 1.40 bits per heavy atom. The van der Waals surface area contributed by atoms with E-state index in [1.807, 2.05) is 24.0 Å². The lowest BCUT2D eigenvalue weighted by molar-refractivity contribution is 0.773. The van der Waals surface area contributed by atoms with E-state index in [4.69, 9.17) is 16.9 Å². The number of rotatable bonds is 5. The average Bonchev–Trinajstić information content (AvgIpc) is 2.47. The van der Waals surface area contributed by atoms with Gasteiger partial charge in [0.2, 0.25) is 5.28 Å². The van der Waals surface area contributed by atoms with Gasteiger partial charge in [-0.15, -0.1) is 0 Å². The molecule has 2 heterocycles. The number of nitrogens with zero attached hydrogens (tertiary/aromatic N) is 5. The summed E-state index contributed by atoms with van der Waals surface area (Å²) in [6, 6.07) is 6.03. The molecule has 0 amide bonds. The molecule has 0 fully saturated rings. The number of hydrogen-bond acceptors (Lipinski definition) is 5. The normalized spacial score (nSPS) is 10.1. The first kappa shape index (κ1) is 14.2. The first-order chi connectivity index (χ1) is 9.70. The van der Waals surface area contributed by atoms with Crippen LogP contribution >= 0.6 is 11.6 Å². The SMILES string of the molecule is Cc1cnc(Cl)nc1N(CCC#N)Cc1cccnc1. The van der Waals surface area contributed by atoms with Gasteiger partial charge in [-0.25, -0.2) is 9.97 Å². The molecular weight excluding hydrogens is 274 g/mol. The third kappa shape index (κ3) is 3.65. The smallest absolute Gasteiger partial charge is 0.224 e. The zero-order chi connectivity index (χ0) is 14.4. The molecule has 5 nitrogen and oxygen atoms in total. The molecule has 2 aromatic heterocycles. The zero-order valence-corrected chi connectivity index (χ0v) is 11.9. The topological polar surface area (TPSA) is 65.7 Å². The number of nitriles is 1. The van der Waals surface area contributed by atoms with Crippen LogP contribution in [0.5, 0.6) is 0 Å². The highest BCUT2D eigenvalue weighted by Crippen LogP contribution is 2.20. The fourth-order valence-electron chi connectivity index (χ4n) is 1.89. The van der Waals surface area contributed by atoms with Gasteiger partial charge in [0, 0.05) is 37.2 Å². The van der Waals surface area contributed by atoms with Gasteiger partial charge in [-0.05, 0) is 30.2 Å². The summed E-state index contributed by atoms with van der Waals surface area (Å²) >= 11 is 5.87. The van der Waals surface area contributed by atoms with Gasteiger partial charge in [-0.1, -0.05) is 6.07 Å². The van der Waals surface area contributed by atoms with Crippen molar-refractivity contribution in [3.63, 3.8) is 0 Å². The zero-order valence-electron chi connectivity index (χ0n) is 11.1. The molecule has 0 atom stereocenters. The number of aryl methyl sites for hydroxylation is 1. The van der Waals surface area contributed by atoms with Gasteiger partial charge in [0.05, 0.1) is 12.5 Å². The lowest BCUT2D eigenvalue weighted by atomic mass is 10.2. The summed E-state index contributed by atoms with van der Waals surface area (Å²) in [5, 5.41) is 9.01. The van der Waals surface area contributed by atoms with Crippen LogP contribution in [0.15, 0.2) is 30.7 Å². The summed E-state index contributed by atoms with van der Waals surface area (Å²) < 4.78 is 0. The lowest BCUT2D eigenvalue weighted by Gasteiger charge is -2.24. The van der Waals surface area contributed by atoms with Crippen LogP contribution in [-0.2, 0) is 6.54 Å². The molecule has 6 heteroatoms. The van der Waals surface area contributed by atoms with Crippen LogP contribution in [0.2, 0.25) is 5.28 Å². The number of halogens is 1. The Bertz CT molecular complexity index is 609. The molecule has 0 saturated heterocycles. The summed E-state index contributed by atoms with van der Waals surface area (Å²) in [5.74, 6) is 0.754. The van der Waals surface area contributed by atoms with E-state index in [2.05, 4.69) is 21.0 Å². The van der Waals surface area contributed by atoms with Crippen molar-refractivity contribution >= 4 is 17.4 Å². The second kappa shape index (κ2) is 6.83. The standard InChI is InChI=1S/C14H14ClN5/c1-11-8-18-14(15)19-13(11)20(7-3-5-16)10-12-4-2-6-17-9-12/h2,4,6,8-9H,3,7,10H2,1H3. The van der Waals surface area contributed by atoms with Crippen molar-refractivity contribution < 1.29 is 0 Å². The predicted octanol–water partition coefficient (Wildman–Crippen LogP) is 2.75. The molecule has 0 unspecified atom stereocenters. The molecule has 0 N–H and O–H groups in total. The Morgan fingerprint density at radius 3 is 2.95 bits per heavy atom. The van der Waals surface area contributed by atoms with Crippen LogP contribution in [-0.4, -0.2) is 21.5 Å². The molecule has 0 saturated carbocycles. The molecule has 0 spiro atoms. The van der Waals surface area contributed by atoms with Crippen molar-refractivity contribution in [3.05, 3.63) is 47.1 Å². The maximum Gasteiger partial charge on any atom is 0.224 e. The van der Waals surface area contributed by atoms with Gasteiger partial charge in [0.25, 0.3) is 0 Å². The van der Waals surface area contributed by atoms with E-state index in [0.717, 1.165) is 16.9 Å². The third-order valence-electron chi connectivity index (χ3n) is 2.80. The summed E-state index contributed by atoms with van der Waals surface area (Å²) in [7, 11) is 0. The highest BCUT2D eigenvalue weighted by molar-refractivity contribution is 6.28. The summed E-state index contributed by atoms with van der Waals surface area (Å²) in [4.78, 5) is 14.4. The van der Waals surface area contributed by atoms with Crippen molar-refractivity contribution in [1.29, 1.82) is 5.26 Å². The maximum atomic E-state index is 8.80. The number of anilines is 1. The average molecular weight is 288 g/mol. The van der Waals surface area contributed by atoms with Crippen molar-refractivity contribution in [2.75, 3.05) is 11.4 Å². The Hall–Kier alpha value is -2.19. The predicted molar refractivity (Wildman–Crippen MR) is 77.3 cm³/mol. The third-order valence-corrected chi connectivity index (χ3v) is 2.99. The molecule has 0 aromatic carbocycles. The van der Waals surface area contributed by atoms with Crippen LogP contribution in [0.4, 0.5) is 5.82 Å². The fraction of sp³-hybridized carbons (Fsp3) is 0.286. The summed E-state index contributed by atoms with van der Waals surface area (Å²) in [5.41, 5.74) is 1.98. The Kier molecular flexibility index (Phi) is 4.85. The molecule has 0 radical (unpaired) electrons. The molecule has 102 valence electrons. The molecule has 20 heavy (non-hydrogen) atoms. The van der Waals surface area contributed by atoms with Crippen molar-refractivity contribution in [2.24, 2.45) is 0 Å². The van der Waals surface area contributed by atoms with E-state index in [9.17, 15) is 0 Å². The van der Waals surface area contributed by atoms with E-state index in [-0.39, 0.29) is 5.28 Å². The second-order valence-corrected chi connectivity index (χ2v) is 4.67. The van der Waals surface area contributed by atoms with E-state index in [0.29, 0.717) is 19.5 Å². The summed E-state index contributed by atoms with van der Waals surface area (Å²) in [6.45, 7) is 3.14. The van der Waals surface area contributed by atoms with Crippen LogP contribution < -0.4 is 4.90 Å². The number of aromatic nitrogens is 3. The highest BCUT2D eigenvalue weighted by Gasteiger charge is 2.12. The van der Waals surface area contributed by atoms with Gasteiger partial charge in [0.1, 0.15) is 5.82 Å². The minimum Gasteiger partial charge on any atom is -0.351 e. The van der Waals surface area contributed by atoms with Crippen LogP contribution in [0, 0.1) is 18.3 Å². The van der Waals surface area contributed by atoms with Gasteiger partial charge < -0.3 is 4.90 Å². The minimum absolute atomic E-state index is 0.207. The quantitative estimate of drug-likeness (QED) is 0.791. The monoisotopic (exact) mass is 287 g/mol. The van der Waals surface area contributed by atoms with E-state index >= 15 is 0 Å². The minimum atomic E-state index is 0.207. The first-order valence-electron chi connectivity index (χ1n) is 6.20. The number of pyridine rings is 1. The van der Waals surface area contributed by atoms with Crippen LogP contribution in [0.1, 0.15) is 17.5 Å². The lowest BCUT2D eigenvalue weighted by Crippen LogP contribution is -2.25. The first-order valence-corrected chi connectivity index (χ1v) is 6.58. The highest BCUT2D eigenvalue weighted by atomic mass is 35.5. The Morgan fingerprint density at radius 2 is 2.25 bits per heavy atom. The van der Waals surface area contributed by atoms with Gasteiger partial charge in [-0.3, -0.25) is 4.98 Å². The van der Waals surface area contributed by atoms with Gasteiger partial charge >= 0.3 is 0 Å². The van der Waals surface area contributed by atoms with Crippen molar-refractivity contribution in [3.8, 4) is 6.07 Å². The largest absolute Gasteiger partial charge is 0.351 e.